The molecule has 0 spiro atoms. The predicted octanol–water partition coefficient (Wildman–Crippen LogP) is 2.28. The first-order chi connectivity index (χ1) is 13.5. The van der Waals surface area contributed by atoms with Crippen molar-refractivity contribution >= 4 is 23.9 Å². The van der Waals surface area contributed by atoms with Crippen molar-refractivity contribution in [3.63, 3.8) is 0 Å². The average Bonchev–Trinajstić information content (AvgIpc) is 3.21. The van der Waals surface area contributed by atoms with Gasteiger partial charge in [0.25, 0.3) is 0 Å². The summed E-state index contributed by atoms with van der Waals surface area (Å²) < 4.78 is 5.11. The maximum absolute atomic E-state index is 13.0. The molecule has 2 N–H and O–H groups in total. The van der Waals surface area contributed by atoms with Crippen LogP contribution in [0.4, 0.5) is 5.69 Å². The van der Waals surface area contributed by atoms with Gasteiger partial charge in [0.2, 0.25) is 18.2 Å². The van der Waals surface area contributed by atoms with Gasteiger partial charge < -0.3 is 15.0 Å². The van der Waals surface area contributed by atoms with Gasteiger partial charge >= 0.3 is 0 Å². The van der Waals surface area contributed by atoms with Crippen molar-refractivity contribution in [1.82, 2.24) is 9.96 Å². The number of hydroxylamine groups is 2. The molecule has 1 aliphatic rings. The fourth-order valence-corrected chi connectivity index (χ4v) is 3.45. The molecule has 3 amide bonds. The van der Waals surface area contributed by atoms with Gasteiger partial charge in [-0.2, -0.15) is 0 Å². The van der Waals surface area contributed by atoms with Crippen LogP contribution < -0.4 is 10.1 Å². The number of anilines is 1. The SMILES string of the molecule is CCCC[C@H](CN(O)C=O)C(=O)N1CCC[C@H]1C(=O)Nc1ccc(OC)cc1. The molecule has 28 heavy (non-hydrogen) atoms. The van der Waals surface area contributed by atoms with Gasteiger partial charge in [-0.15, -0.1) is 0 Å². The molecule has 1 saturated heterocycles. The number of nitrogens with one attached hydrogen (secondary N) is 1. The zero-order valence-corrected chi connectivity index (χ0v) is 16.5. The number of hydrogen-bond donors (Lipinski definition) is 2. The Labute approximate surface area is 165 Å². The number of benzene rings is 1. The van der Waals surface area contributed by atoms with E-state index >= 15 is 0 Å². The second-order valence-electron chi connectivity index (χ2n) is 6.97. The zero-order chi connectivity index (χ0) is 20.5. The Bertz CT molecular complexity index is 664. The van der Waals surface area contributed by atoms with E-state index in [1.54, 1.807) is 36.3 Å². The van der Waals surface area contributed by atoms with Crippen LogP contribution in [0.5, 0.6) is 5.75 Å². The second-order valence-corrected chi connectivity index (χ2v) is 6.97. The lowest BCUT2D eigenvalue weighted by atomic mass is 9.99. The number of hydrogen-bond acceptors (Lipinski definition) is 5. The van der Waals surface area contributed by atoms with Crippen molar-refractivity contribution in [2.24, 2.45) is 5.92 Å². The molecule has 0 saturated carbocycles. The molecule has 1 aromatic rings. The van der Waals surface area contributed by atoms with Gasteiger partial charge in [-0.1, -0.05) is 19.8 Å². The molecule has 0 bridgehead atoms. The van der Waals surface area contributed by atoms with E-state index in [9.17, 15) is 19.6 Å². The Morgan fingerprint density at radius 1 is 1.39 bits per heavy atom. The summed E-state index contributed by atoms with van der Waals surface area (Å²) in [4.78, 5) is 38.1. The number of rotatable bonds is 10. The number of amides is 3. The minimum atomic E-state index is -0.554. The van der Waals surface area contributed by atoms with Gasteiger partial charge in [0, 0.05) is 12.2 Å². The Balaban J connectivity index is 2.06. The van der Waals surface area contributed by atoms with E-state index in [4.69, 9.17) is 4.74 Å². The van der Waals surface area contributed by atoms with Crippen LogP contribution in [0.1, 0.15) is 39.0 Å². The molecule has 8 nitrogen and oxygen atoms in total. The standard InChI is InChI=1S/C20H29N3O5/c1-3-4-6-15(13-22(27)14-24)20(26)23-12-5-7-18(23)19(25)21-16-8-10-17(28-2)11-9-16/h8-11,14-15,18,27H,3-7,12-13H2,1-2H3,(H,21,25)/t15-,18+/m1/s1. The molecular weight excluding hydrogens is 362 g/mol. The summed E-state index contributed by atoms with van der Waals surface area (Å²) in [5.74, 6) is -0.258. The van der Waals surface area contributed by atoms with Crippen LogP contribution in [0.15, 0.2) is 24.3 Å². The van der Waals surface area contributed by atoms with E-state index in [-0.39, 0.29) is 18.4 Å². The first-order valence-corrected chi connectivity index (χ1v) is 9.66. The molecule has 154 valence electrons. The van der Waals surface area contributed by atoms with E-state index in [0.29, 0.717) is 42.3 Å². The lowest BCUT2D eigenvalue weighted by Crippen LogP contribution is -2.47. The minimum Gasteiger partial charge on any atom is -0.497 e. The maximum atomic E-state index is 13.0. The van der Waals surface area contributed by atoms with Crippen LogP contribution in [-0.2, 0) is 14.4 Å². The Hall–Kier alpha value is -2.61. The molecule has 2 atom stereocenters. The Morgan fingerprint density at radius 2 is 2.11 bits per heavy atom. The largest absolute Gasteiger partial charge is 0.497 e. The average molecular weight is 391 g/mol. The highest BCUT2D eigenvalue weighted by Crippen LogP contribution is 2.24. The van der Waals surface area contributed by atoms with Crippen molar-refractivity contribution in [1.29, 1.82) is 0 Å². The highest BCUT2D eigenvalue weighted by Gasteiger charge is 2.37. The number of likely N-dealkylation sites (tertiary alicyclic amines) is 1. The summed E-state index contributed by atoms with van der Waals surface area (Å²) in [6.45, 7) is 2.44. The third-order valence-corrected chi connectivity index (χ3v) is 4.98. The topological polar surface area (TPSA) is 99.2 Å². The number of methoxy groups -OCH3 is 1. The first-order valence-electron chi connectivity index (χ1n) is 9.66. The normalized spacial score (nSPS) is 17.1. The van der Waals surface area contributed by atoms with Gasteiger partial charge in [-0.3, -0.25) is 19.6 Å². The zero-order valence-electron chi connectivity index (χ0n) is 16.5. The molecule has 0 aromatic heterocycles. The van der Waals surface area contributed by atoms with Crippen LogP contribution in [0.2, 0.25) is 0 Å². The molecule has 1 fully saturated rings. The minimum absolute atomic E-state index is 0.0638. The van der Waals surface area contributed by atoms with Crippen LogP contribution >= 0.6 is 0 Å². The van der Waals surface area contributed by atoms with Gasteiger partial charge in [-0.05, 0) is 43.5 Å². The van der Waals surface area contributed by atoms with E-state index in [0.717, 1.165) is 19.3 Å². The van der Waals surface area contributed by atoms with Gasteiger partial charge in [0.15, 0.2) is 0 Å². The quantitative estimate of drug-likeness (QED) is 0.362. The number of carbonyl (C=O) groups excluding carboxylic acids is 3. The molecular formula is C20H29N3O5. The van der Waals surface area contributed by atoms with Crippen LogP contribution in [0, 0.1) is 5.92 Å². The van der Waals surface area contributed by atoms with Crippen molar-refractivity contribution in [3.05, 3.63) is 24.3 Å². The van der Waals surface area contributed by atoms with Gasteiger partial charge in [-0.25, -0.2) is 5.06 Å². The molecule has 0 aliphatic carbocycles. The van der Waals surface area contributed by atoms with Crippen LogP contribution in [0.3, 0.4) is 0 Å². The van der Waals surface area contributed by atoms with E-state index in [2.05, 4.69) is 5.32 Å². The molecule has 1 heterocycles. The number of nitrogens with zero attached hydrogens (tertiary/aromatic N) is 2. The van der Waals surface area contributed by atoms with Crippen molar-refractivity contribution in [2.75, 3.05) is 25.5 Å². The Morgan fingerprint density at radius 3 is 2.71 bits per heavy atom. The summed E-state index contributed by atoms with van der Waals surface area (Å²) >= 11 is 0. The molecule has 1 aromatic carbocycles. The highest BCUT2D eigenvalue weighted by atomic mass is 16.5. The first kappa shape index (κ1) is 21.7. The van der Waals surface area contributed by atoms with Gasteiger partial charge in [0.05, 0.1) is 19.6 Å². The molecule has 0 radical (unpaired) electrons. The molecule has 2 rings (SSSR count). The summed E-state index contributed by atoms with van der Waals surface area (Å²) in [6.07, 6.45) is 3.89. The fraction of sp³-hybridized carbons (Fsp3) is 0.550. The number of carbonyl (C=O) groups is 3. The summed E-state index contributed by atoms with van der Waals surface area (Å²) in [5, 5.41) is 12.9. The summed E-state index contributed by atoms with van der Waals surface area (Å²) in [5.41, 5.74) is 0.634. The van der Waals surface area contributed by atoms with E-state index in [1.807, 2.05) is 6.92 Å². The third kappa shape index (κ3) is 5.69. The van der Waals surface area contributed by atoms with Crippen LogP contribution in [-0.4, -0.2) is 59.6 Å². The summed E-state index contributed by atoms with van der Waals surface area (Å²) in [7, 11) is 1.57. The smallest absolute Gasteiger partial charge is 0.247 e. The fourth-order valence-electron chi connectivity index (χ4n) is 3.45. The monoisotopic (exact) mass is 391 g/mol. The Kier molecular flexibility index (Phi) is 8.25. The molecule has 8 heteroatoms. The van der Waals surface area contributed by atoms with E-state index < -0.39 is 12.0 Å². The highest BCUT2D eigenvalue weighted by molar-refractivity contribution is 5.97. The van der Waals surface area contributed by atoms with Gasteiger partial charge in [0.1, 0.15) is 11.8 Å². The van der Waals surface area contributed by atoms with E-state index in [1.165, 1.54) is 0 Å². The molecule has 1 aliphatic heterocycles. The summed E-state index contributed by atoms with van der Waals surface area (Å²) in [6, 6.07) is 6.44. The lowest BCUT2D eigenvalue weighted by molar-refractivity contribution is -0.157. The van der Waals surface area contributed by atoms with Crippen molar-refractivity contribution in [3.8, 4) is 5.75 Å². The predicted molar refractivity (Wildman–Crippen MR) is 104 cm³/mol. The van der Waals surface area contributed by atoms with Crippen LogP contribution in [0.25, 0.3) is 0 Å². The number of ether oxygens (including phenoxy) is 1. The van der Waals surface area contributed by atoms with Crippen molar-refractivity contribution < 1.29 is 24.3 Å². The van der Waals surface area contributed by atoms with Crippen molar-refractivity contribution in [2.45, 2.75) is 45.1 Å². The molecule has 0 unspecified atom stereocenters. The third-order valence-electron chi connectivity index (χ3n) is 4.98. The lowest BCUT2D eigenvalue weighted by Gasteiger charge is -2.29. The maximum Gasteiger partial charge on any atom is 0.247 e. The second kappa shape index (κ2) is 10.7. The number of unbranched alkanes of at least 4 members (excludes halogenated alkanes) is 1.